The summed E-state index contributed by atoms with van der Waals surface area (Å²) in [5.74, 6) is -1.53. The van der Waals surface area contributed by atoms with E-state index >= 15 is 0 Å². The molecule has 0 unspecified atom stereocenters. The number of rotatable bonds is 4. The summed E-state index contributed by atoms with van der Waals surface area (Å²) < 4.78 is 13.2. The predicted molar refractivity (Wildman–Crippen MR) is 98.4 cm³/mol. The second-order valence-electron chi connectivity index (χ2n) is 6.48. The zero-order valence-electron chi connectivity index (χ0n) is 14.5. The number of aryl methyl sites for hydroxylation is 2. The molecule has 6 heteroatoms. The predicted octanol–water partition coefficient (Wildman–Crippen LogP) is 4.70. The van der Waals surface area contributed by atoms with Crippen LogP contribution >= 0.6 is 11.6 Å². The van der Waals surface area contributed by atoms with Crippen LogP contribution in [0.25, 0.3) is 0 Å². The average molecular weight is 363 g/mol. The molecule has 4 nitrogen and oxygen atoms in total. The molecular formula is C19H20ClFN2O2. The van der Waals surface area contributed by atoms with E-state index in [1.54, 1.807) is 6.07 Å². The highest BCUT2D eigenvalue weighted by atomic mass is 35.5. The van der Waals surface area contributed by atoms with E-state index in [2.05, 4.69) is 10.6 Å². The summed E-state index contributed by atoms with van der Waals surface area (Å²) in [5, 5.41) is 5.27. The first kappa shape index (κ1) is 18.9. The molecule has 0 saturated heterocycles. The number of nitrogens with one attached hydrogen (secondary N) is 2. The van der Waals surface area contributed by atoms with Crippen molar-refractivity contribution in [2.24, 2.45) is 5.41 Å². The van der Waals surface area contributed by atoms with E-state index < -0.39 is 23.0 Å². The number of amides is 2. The maximum absolute atomic E-state index is 13.2. The van der Waals surface area contributed by atoms with E-state index in [1.807, 2.05) is 26.0 Å². The third-order valence-corrected chi connectivity index (χ3v) is 4.23. The molecule has 2 N–H and O–H groups in total. The van der Waals surface area contributed by atoms with Gasteiger partial charge in [0.15, 0.2) is 0 Å². The first-order valence-corrected chi connectivity index (χ1v) is 8.14. The second-order valence-corrected chi connectivity index (χ2v) is 6.89. The number of benzene rings is 2. The molecule has 0 spiro atoms. The Bertz CT molecular complexity index is 834. The molecule has 25 heavy (non-hydrogen) atoms. The van der Waals surface area contributed by atoms with Gasteiger partial charge in [0.05, 0.1) is 5.02 Å². The topological polar surface area (TPSA) is 58.2 Å². The summed E-state index contributed by atoms with van der Waals surface area (Å²) in [6, 6.07) is 9.47. The van der Waals surface area contributed by atoms with Gasteiger partial charge in [0, 0.05) is 11.4 Å². The average Bonchev–Trinajstić information content (AvgIpc) is 2.53. The highest BCUT2D eigenvalue weighted by Crippen LogP contribution is 2.25. The molecule has 2 aromatic rings. The Balaban J connectivity index is 2.13. The van der Waals surface area contributed by atoms with Crippen molar-refractivity contribution < 1.29 is 14.0 Å². The zero-order chi connectivity index (χ0) is 18.8. The van der Waals surface area contributed by atoms with Crippen molar-refractivity contribution >= 4 is 34.8 Å². The lowest BCUT2D eigenvalue weighted by Crippen LogP contribution is -2.41. The Morgan fingerprint density at radius 2 is 1.64 bits per heavy atom. The van der Waals surface area contributed by atoms with Crippen LogP contribution in [0, 0.1) is 25.1 Å². The highest BCUT2D eigenvalue weighted by molar-refractivity contribution is 6.31. The molecule has 0 heterocycles. The molecule has 2 aromatic carbocycles. The van der Waals surface area contributed by atoms with Crippen LogP contribution in [-0.4, -0.2) is 11.8 Å². The number of hydrogen-bond donors (Lipinski definition) is 2. The Morgan fingerprint density at radius 1 is 1.00 bits per heavy atom. The minimum atomic E-state index is -1.34. The largest absolute Gasteiger partial charge is 0.325 e. The van der Waals surface area contributed by atoms with Crippen molar-refractivity contribution in [3.63, 3.8) is 0 Å². The van der Waals surface area contributed by atoms with Crippen molar-refractivity contribution in [3.05, 3.63) is 58.4 Å². The summed E-state index contributed by atoms with van der Waals surface area (Å²) in [4.78, 5) is 25.1. The van der Waals surface area contributed by atoms with Crippen LogP contribution in [0.15, 0.2) is 36.4 Å². The Hall–Kier alpha value is -2.40. The smallest absolute Gasteiger partial charge is 0.239 e. The van der Waals surface area contributed by atoms with Crippen LogP contribution in [0.1, 0.15) is 25.0 Å². The van der Waals surface area contributed by atoms with Crippen molar-refractivity contribution in [3.8, 4) is 0 Å². The van der Waals surface area contributed by atoms with Gasteiger partial charge in [-0.2, -0.15) is 0 Å². The highest BCUT2D eigenvalue weighted by Gasteiger charge is 2.36. The summed E-state index contributed by atoms with van der Waals surface area (Å²) in [6.45, 7) is 6.89. The second kappa shape index (κ2) is 7.23. The lowest BCUT2D eigenvalue weighted by Gasteiger charge is -2.23. The lowest BCUT2D eigenvalue weighted by molar-refractivity contribution is -0.135. The minimum absolute atomic E-state index is 0.102. The van der Waals surface area contributed by atoms with Gasteiger partial charge in [-0.05, 0) is 57.5 Å². The van der Waals surface area contributed by atoms with Gasteiger partial charge in [0.25, 0.3) is 0 Å². The van der Waals surface area contributed by atoms with E-state index in [1.165, 1.54) is 26.0 Å². The van der Waals surface area contributed by atoms with E-state index in [-0.39, 0.29) is 5.02 Å². The van der Waals surface area contributed by atoms with Crippen molar-refractivity contribution in [1.82, 2.24) is 0 Å². The summed E-state index contributed by atoms with van der Waals surface area (Å²) in [7, 11) is 0. The SMILES string of the molecule is Cc1ccc(NC(=O)C(C)(C)C(=O)Nc2ccc(F)c(Cl)c2)c(C)c1. The van der Waals surface area contributed by atoms with Crippen LogP contribution in [0.5, 0.6) is 0 Å². The van der Waals surface area contributed by atoms with Crippen molar-refractivity contribution in [2.75, 3.05) is 10.6 Å². The maximum Gasteiger partial charge on any atom is 0.239 e. The van der Waals surface area contributed by atoms with E-state index in [0.717, 1.165) is 17.2 Å². The van der Waals surface area contributed by atoms with E-state index in [4.69, 9.17) is 11.6 Å². The normalized spacial score (nSPS) is 11.1. The van der Waals surface area contributed by atoms with Gasteiger partial charge in [0.1, 0.15) is 11.2 Å². The zero-order valence-corrected chi connectivity index (χ0v) is 15.3. The van der Waals surface area contributed by atoms with Crippen LogP contribution in [0.2, 0.25) is 5.02 Å². The van der Waals surface area contributed by atoms with E-state index in [0.29, 0.717) is 11.4 Å². The van der Waals surface area contributed by atoms with Crippen molar-refractivity contribution in [1.29, 1.82) is 0 Å². The molecule has 0 fully saturated rings. The molecule has 0 aliphatic carbocycles. The van der Waals surface area contributed by atoms with Gasteiger partial charge in [-0.25, -0.2) is 4.39 Å². The van der Waals surface area contributed by atoms with Gasteiger partial charge in [-0.1, -0.05) is 29.3 Å². The Labute approximate surface area is 151 Å². The van der Waals surface area contributed by atoms with Gasteiger partial charge < -0.3 is 10.6 Å². The molecule has 0 aromatic heterocycles. The molecule has 0 radical (unpaired) electrons. The fourth-order valence-corrected chi connectivity index (χ4v) is 2.38. The van der Waals surface area contributed by atoms with Gasteiger partial charge >= 0.3 is 0 Å². The molecule has 2 amide bonds. The van der Waals surface area contributed by atoms with Crippen molar-refractivity contribution in [2.45, 2.75) is 27.7 Å². The molecule has 2 rings (SSSR count). The summed E-state index contributed by atoms with van der Waals surface area (Å²) in [5.41, 5.74) is 1.64. The first-order chi connectivity index (χ1) is 11.6. The molecule has 0 saturated carbocycles. The van der Waals surface area contributed by atoms with Gasteiger partial charge in [-0.15, -0.1) is 0 Å². The fourth-order valence-electron chi connectivity index (χ4n) is 2.20. The number of carbonyl (C=O) groups excluding carboxylic acids is 2. The van der Waals surface area contributed by atoms with E-state index in [9.17, 15) is 14.0 Å². The molecule has 0 atom stereocenters. The minimum Gasteiger partial charge on any atom is -0.325 e. The maximum atomic E-state index is 13.2. The molecule has 132 valence electrons. The molecular weight excluding hydrogens is 343 g/mol. The first-order valence-electron chi connectivity index (χ1n) is 7.76. The van der Waals surface area contributed by atoms with Crippen LogP contribution in [0.3, 0.4) is 0 Å². The third-order valence-electron chi connectivity index (χ3n) is 3.94. The third kappa shape index (κ3) is 4.37. The monoisotopic (exact) mass is 362 g/mol. The fraction of sp³-hybridized carbons (Fsp3) is 0.263. The summed E-state index contributed by atoms with van der Waals surface area (Å²) in [6.07, 6.45) is 0. The molecule has 0 aliphatic rings. The van der Waals surface area contributed by atoms with Gasteiger partial charge in [0.2, 0.25) is 11.8 Å². The number of halogens is 2. The quantitative estimate of drug-likeness (QED) is 0.774. The van der Waals surface area contributed by atoms with Crippen LogP contribution in [-0.2, 0) is 9.59 Å². The molecule has 0 bridgehead atoms. The lowest BCUT2D eigenvalue weighted by atomic mass is 9.90. The number of carbonyl (C=O) groups is 2. The standard InChI is InChI=1S/C19H20ClFN2O2/c1-11-5-8-16(12(2)9-11)23-18(25)19(3,4)17(24)22-13-6-7-15(21)14(20)10-13/h5-10H,1-4H3,(H,22,24)(H,23,25). The van der Waals surface area contributed by atoms with Gasteiger partial charge in [-0.3, -0.25) is 9.59 Å². The Morgan fingerprint density at radius 3 is 2.24 bits per heavy atom. The number of anilines is 2. The number of hydrogen-bond acceptors (Lipinski definition) is 2. The Kier molecular flexibility index (Phi) is 5.48. The van der Waals surface area contributed by atoms with Crippen LogP contribution in [0.4, 0.5) is 15.8 Å². The van der Waals surface area contributed by atoms with Crippen LogP contribution < -0.4 is 10.6 Å². The molecule has 0 aliphatic heterocycles. The summed E-state index contributed by atoms with van der Waals surface area (Å²) >= 11 is 5.71.